The average molecular weight is 534 g/mol. The van der Waals surface area contributed by atoms with Crippen molar-refractivity contribution in [2.45, 2.75) is 18.5 Å². The number of fused-ring (bicyclic) bond motifs is 4. The predicted molar refractivity (Wildman–Crippen MR) is 146 cm³/mol. The Labute approximate surface area is 227 Å². The van der Waals surface area contributed by atoms with Crippen LogP contribution in [0.3, 0.4) is 0 Å². The lowest BCUT2D eigenvalue weighted by Gasteiger charge is -2.36. The topological polar surface area (TPSA) is 102 Å². The molecule has 2 unspecified atom stereocenters. The van der Waals surface area contributed by atoms with E-state index in [0.29, 0.717) is 32.7 Å². The third-order valence-electron chi connectivity index (χ3n) is 8.18. The highest BCUT2D eigenvalue weighted by molar-refractivity contribution is 6.05. The molecule has 0 bridgehead atoms. The van der Waals surface area contributed by atoms with E-state index in [1.165, 1.54) is 4.90 Å². The molecule has 39 heavy (non-hydrogen) atoms. The quantitative estimate of drug-likeness (QED) is 0.339. The Morgan fingerprint density at radius 3 is 2.62 bits per heavy atom. The average Bonchev–Trinajstić information content (AvgIpc) is 3.41. The molecule has 1 aromatic heterocycles. The van der Waals surface area contributed by atoms with Crippen LogP contribution in [-0.4, -0.2) is 114 Å². The fourth-order valence-corrected chi connectivity index (χ4v) is 6.05. The van der Waals surface area contributed by atoms with Crippen LogP contribution in [0.4, 0.5) is 4.79 Å². The van der Waals surface area contributed by atoms with E-state index in [-0.39, 0.29) is 17.7 Å². The molecule has 3 amide bonds. The Morgan fingerprint density at radius 1 is 1.03 bits per heavy atom. The van der Waals surface area contributed by atoms with Gasteiger partial charge in [-0.2, -0.15) is 0 Å². The van der Waals surface area contributed by atoms with Gasteiger partial charge in [0.05, 0.1) is 6.61 Å². The van der Waals surface area contributed by atoms with Crippen molar-refractivity contribution in [2.24, 2.45) is 0 Å². The van der Waals surface area contributed by atoms with Gasteiger partial charge in [0.15, 0.2) is 0 Å². The van der Waals surface area contributed by atoms with E-state index < -0.39 is 12.1 Å². The highest BCUT2D eigenvalue weighted by Crippen LogP contribution is 2.45. The van der Waals surface area contributed by atoms with E-state index in [1.54, 1.807) is 30.2 Å². The molecule has 206 valence electrons. The number of urea groups is 1. The summed E-state index contributed by atoms with van der Waals surface area (Å²) in [5.41, 5.74) is 3.53. The van der Waals surface area contributed by atoms with Gasteiger partial charge in [-0.15, -0.1) is 0 Å². The number of phenolic OH excluding ortho intramolecular Hbond substituents is 1. The van der Waals surface area contributed by atoms with Gasteiger partial charge in [-0.3, -0.25) is 19.5 Å². The lowest BCUT2D eigenvalue weighted by Crippen LogP contribution is -2.47. The molecule has 0 spiro atoms. The van der Waals surface area contributed by atoms with Gasteiger partial charge in [-0.05, 0) is 48.5 Å². The van der Waals surface area contributed by atoms with Gasteiger partial charge in [0.1, 0.15) is 30.2 Å². The molecule has 3 aliphatic rings. The second kappa shape index (κ2) is 10.5. The first-order valence-electron chi connectivity index (χ1n) is 13.5. The predicted octanol–water partition coefficient (Wildman–Crippen LogP) is 2.42. The standard InChI is InChI=1S/C29H35N5O5/c1-31-8-10-32(11-9-31)12-13-33-28(36)25-18-23-22-17-21(39-15-14-38-2)6-7-24(22)30-26(23)27(34(25)29(33)37)19-4-3-5-20(35)16-19/h3-7,16-17,25,27,30,35H,8-15,18H2,1-2H3. The molecule has 6 rings (SSSR count). The van der Waals surface area contributed by atoms with E-state index in [2.05, 4.69) is 21.8 Å². The largest absolute Gasteiger partial charge is 0.508 e. The summed E-state index contributed by atoms with van der Waals surface area (Å²) >= 11 is 0. The number of aromatic hydroxyl groups is 1. The molecule has 2 saturated heterocycles. The van der Waals surface area contributed by atoms with Crippen LogP contribution < -0.4 is 4.74 Å². The summed E-state index contributed by atoms with van der Waals surface area (Å²) in [5, 5.41) is 11.3. The van der Waals surface area contributed by atoms with Crippen molar-refractivity contribution in [3.05, 3.63) is 59.3 Å². The minimum absolute atomic E-state index is 0.117. The molecule has 4 heterocycles. The van der Waals surface area contributed by atoms with Crippen LogP contribution in [0, 0.1) is 0 Å². The molecular weight excluding hydrogens is 498 g/mol. The number of carbonyl (C=O) groups is 2. The number of piperazine rings is 1. The zero-order valence-electron chi connectivity index (χ0n) is 22.4. The zero-order valence-corrected chi connectivity index (χ0v) is 22.4. The summed E-state index contributed by atoms with van der Waals surface area (Å²) in [7, 11) is 3.74. The maximum Gasteiger partial charge on any atom is 0.328 e. The number of imide groups is 1. The second-order valence-electron chi connectivity index (χ2n) is 10.6. The lowest BCUT2D eigenvalue weighted by atomic mass is 9.89. The molecule has 10 nitrogen and oxygen atoms in total. The number of phenols is 1. The van der Waals surface area contributed by atoms with Crippen molar-refractivity contribution < 1.29 is 24.2 Å². The van der Waals surface area contributed by atoms with Crippen LogP contribution in [0.1, 0.15) is 22.9 Å². The summed E-state index contributed by atoms with van der Waals surface area (Å²) < 4.78 is 11.0. The van der Waals surface area contributed by atoms with Gasteiger partial charge in [-0.1, -0.05) is 12.1 Å². The number of aromatic nitrogens is 1. The van der Waals surface area contributed by atoms with Crippen LogP contribution in [0.25, 0.3) is 10.9 Å². The number of carbonyl (C=O) groups excluding carboxylic acids is 2. The Balaban J connectivity index is 1.35. The maximum atomic E-state index is 13.9. The first kappa shape index (κ1) is 25.7. The maximum absolute atomic E-state index is 13.9. The second-order valence-corrected chi connectivity index (χ2v) is 10.6. The van der Waals surface area contributed by atoms with E-state index in [9.17, 15) is 14.7 Å². The van der Waals surface area contributed by atoms with Gasteiger partial charge in [0, 0.05) is 69.4 Å². The zero-order chi connectivity index (χ0) is 27.1. The van der Waals surface area contributed by atoms with Crippen molar-refractivity contribution in [2.75, 3.05) is 66.6 Å². The third-order valence-corrected chi connectivity index (χ3v) is 8.18. The first-order valence-corrected chi connectivity index (χ1v) is 13.5. The number of nitrogens with zero attached hydrogens (tertiary/aromatic N) is 4. The van der Waals surface area contributed by atoms with E-state index >= 15 is 0 Å². The highest BCUT2D eigenvalue weighted by atomic mass is 16.5. The number of rotatable bonds is 8. The van der Waals surface area contributed by atoms with Crippen molar-refractivity contribution in [3.8, 4) is 11.5 Å². The van der Waals surface area contributed by atoms with Crippen LogP contribution in [0.15, 0.2) is 42.5 Å². The van der Waals surface area contributed by atoms with Crippen molar-refractivity contribution in [1.29, 1.82) is 0 Å². The number of aromatic amines is 1. The Hall–Kier alpha value is -3.60. The molecule has 3 aliphatic heterocycles. The summed E-state index contributed by atoms with van der Waals surface area (Å²) in [6.45, 7) is 5.78. The third kappa shape index (κ3) is 4.73. The lowest BCUT2D eigenvalue weighted by molar-refractivity contribution is -0.128. The number of hydrogen-bond donors (Lipinski definition) is 2. The SMILES string of the molecule is COCCOc1ccc2[nH]c3c(c2c1)CC1C(=O)N(CCN2CCN(C)CC2)C(=O)N1C3c1cccc(O)c1. The minimum atomic E-state index is -0.609. The Morgan fingerprint density at radius 2 is 1.85 bits per heavy atom. The molecule has 10 heteroatoms. The van der Waals surface area contributed by atoms with Gasteiger partial charge in [-0.25, -0.2) is 4.79 Å². The van der Waals surface area contributed by atoms with Crippen LogP contribution in [-0.2, 0) is 16.0 Å². The van der Waals surface area contributed by atoms with Gasteiger partial charge in [0.25, 0.3) is 5.91 Å². The molecular formula is C29H35N5O5. The van der Waals surface area contributed by atoms with Crippen LogP contribution in [0.5, 0.6) is 11.5 Å². The highest BCUT2D eigenvalue weighted by Gasteiger charge is 2.52. The summed E-state index contributed by atoms with van der Waals surface area (Å²) in [6, 6.07) is 11.4. The molecule has 3 aromatic rings. The smallest absolute Gasteiger partial charge is 0.328 e. The molecule has 2 atom stereocenters. The fraction of sp³-hybridized carbons (Fsp3) is 0.448. The number of likely N-dealkylation sites (N-methyl/N-ethyl adjacent to an activating group) is 1. The van der Waals surface area contributed by atoms with E-state index in [0.717, 1.165) is 59.7 Å². The van der Waals surface area contributed by atoms with E-state index in [1.807, 2.05) is 24.3 Å². The van der Waals surface area contributed by atoms with Crippen molar-refractivity contribution >= 4 is 22.8 Å². The number of H-pyrrole nitrogens is 1. The molecule has 2 aromatic carbocycles. The molecule has 2 fully saturated rings. The summed E-state index contributed by atoms with van der Waals surface area (Å²) in [5.74, 6) is 0.679. The molecule has 0 radical (unpaired) electrons. The van der Waals surface area contributed by atoms with Gasteiger partial charge < -0.3 is 24.5 Å². The van der Waals surface area contributed by atoms with Crippen molar-refractivity contribution in [1.82, 2.24) is 24.6 Å². The molecule has 2 N–H and O–H groups in total. The van der Waals surface area contributed by atoms with E-state index in [4.69, 9.17) is 9.47 Å². The number of hydrogen-bond acceptors (Lipinski definition) is 7. The van der Waals surface area contributed by atoms with Crippen molar-refractivity contribution in [3.63, 3.8) is 0 Å². The summed E-state index contributed by atoms with van der Waals surface area (Å²) in [6.07, 6.45) is 0.418. The van der Waals surface area contributed by atoms with Gasteiger partial charge in [0.2, 0.25) is 0 Å². The number of ether oxygens (including phenoxy) is 2. The number of benzene rings is 2. The summed E-state index contributed by atoms with van der Waals surface area (Å²) in [4.78, 5) is 38.9. The number of methoxy groups -OCH3 is 1. The van der Waals surface area contributed by atoms with Crippen LogP contribution >= 0.6 is 0 Å². The first-order chi connectivity index (χ1) is 18.9. The normalized spacial score (nSPS) is 22.0. The monoisotopic (exact) mass is 533 g/mol. The minimum Gasteiger partial charge on any atom is -0.508 e. The molecule has 0 saturated carbocycles. The molecule has 0 aliphatic carbocycles. The fourth-order valence-electron chi connectivity index (χ4n) is 6.05. The van der Waals surface area contributed by atoms with Gasteiger partial charge >= 0.3 is 6.03 Å². The number of nitrogens with one attached hydrogen (secondary N) is 1. The number of amides is 3. The Kier molecular flexibility index (Phi) is 6.92. The Bertz CT molecular complexity index is 1380. The van der Waals surface area contributed by atoms with Crippen LogP contribution in [0.2, 0.25) is 0 Å².